The molecular formula is C14H19ClN2O6S. The molecule has 0 aliphatic heterocycles. The lowest BCUT2D eigenvalue weighted by atomic mass is 10.2. The van der Waals surface area contributed by atoms with Crippen LogP contribution in [0.25, 0.3) is 0 Å². The summed E-state index contributed by atoms with van der Waals surface area (Å²) in [5.41, 5.74) is -0.168. The number of hydrogen-bond acceptors (Lipinski definition) is 6. The topological polar surface area (TPSA) is 102 Å². The van der Waals surface area contributed by atoms with Crippen LogP contribution < -0.4 is 5.32 Å². The number of carbonyl (C=O) groups is 2. The zero-order valence-electron chi connectivity index (χ0n) is 13.7. The molecule has 0 saturated carbocycles. The van der Waals surface area contributed by atoms with E-state index in [2.05, 4.69) is 10.2 Å². The van der Waals surface area contributed by atoms with Gasteiger partial charge >= 0.3 is 5.97 Å². The van der Waals surface area contributed by atoms with Crippen LogP contribution in [0.2, 0.25) is 5.02 Å². The largest absolute Gasteiger partial charge is 0.449 e. The van der Waals surface area contributed by atoms with E-state index >= 15 is 0 Å². The number of likely N-dealkylation sites (N-methyl/N-ethyl adjacent to an activating group) is 1. The number of hydroxylamine groups is 1. The van der Waals surface area contributed by atoms with Crippen LogP contribution in [0.1, 0.15) is 24.2 Å². The lowest BCUT2D eigenvalue weighted by Crippen LogP contribution is -2.35. The van der Waals surface area contributed by atoms with Gasteiger partial charge in [-0.05, 0) is 32.0 Å². The van der Waals surface area contributed by atoms with Gasteiger partial charge in [0.2, 0.25) is 0 Å². The molecule has 1 atom stereocenters. The number of nitrogens with one attached hydrogen (secondary N) is 1. The lowest BCUT2D eigenvalue weighted by molar-refractivity contribution is -0.128. The van der Waals surface area contributed by atoms with Crippen molar-refractivity contribution in [1.82, 2.24) is 9.79 Å². The molecule has 134 valence electrons. The Morgan fingerprint density at radius 1 is 1.38 bits per heavy atom. The Labute approximate surface area is 145 Å². The van der Waals surface area contributed by atoms with Gasteiger partial charge in [0.1, 0.15) is 0 Å². The molecule has 0 spiro atoms. The van der Waals surface area contributed by atoms with Crippen LogP contribution in [0, 0.1) is 0 Å². The van der Waals surface area contributed by atoms with E-state index in [4.69, 9.17) is 16.3 Å². The molecule has 24 heavy (non-hydrogen) atoms. The van der Waals surface area contributed by atoms with Gasteiger partial charge in [-0.25, -0.2) is 13.2 Å². The summed E-state index contributed by atoms with van der Waals surface area (Å²) in [6, 6.07) is 3.56. The maximum absolute atomic E-state index is 12.2. The third-order valence-corrected chi connectivity index (χ3v) is 5.06. The summed E-state index contributed by atoms with van der Waals surface area (Å²) in [6.07, 6.45) is -1.05. The fourth-order valence-corrected chi connectivity index (χ4v) is 2.86. The van der Waals surface area contributed by atoms with Gasteiger partial charge in [0, 0.05) is 13.6 Å². The number of carbonyl (C=O) groups excluding carboxylic acids is 2. The predicted octanol–water partition coefficient (Wildman–Crippen LogP) is 1.20. The summed E-state index contributed by atoms with van der Waals surface area (Å²) in [5.74, 6) is -1.37. The van der Waals surface area contributed by atoms with Crippen molar-refractivity contribution >= 4 is 33.5 Å². The van der Waals surface area contributed by atoms with Crippen LogP contribution >= 0.6 is 11.6 Å². The second-order valence-electron chi connectivity index (χ2n) is 4.68. The predicted molar refractivity (Wildman–Crippen MR) is 87.0 cm³/mol. The molecule has 1 N–H and O–H groups in total. The smallest absolute Gasteiger partial charge is 0.340 e. The molecule has 0 aliphatic rings. The second kappa shape index (κ2) is 8.43. The summed E-state index contributed by atoms with van der Waals surface area (Å²) in [6.45, 7) is 3.51. The van der Waals surface area contributed by atoms with E-state index in [1.807, 2.05) is 0 Å². The standard InChI is InChI=1S/C14H19ClN2O6S/c1-5-16-13(18)9(2)23-14(19)11-8-10(6-7-12(11)15)24(20,21)17(3)22-4/h6-9H,5H2,1-4H3,(H,16,18)/t9-/m0/s1. The van der Waals surface area contributed by atoms with Gasteiger partial charge in [0.15, 0.2) is 6.10 Å². The van der Waals surface area contributed by atoms with Crippen LogP contribution in [0.3, 0.4) is 0 Å². The van der Waals surface area contributed by atoms with Gasteiger partial charge in [-0.3, -0.25) is 9.63 Å². The summed E-state index contributed by atoms with van der Waals surface area (Å²) in [7, 11) is -1.55. The van der Waals surface area contributed by atoms with Gasteiger partial charge in [-0.15, -0.1) is 0 Å². The Balaban J connectivity index is 3.10. The van der Waals surface area contributed by atoms with Crippen molar-refractivity contribution < 1.29 is 27.6 Å². The molecule has 0 saturated heterocycles. The van der Waals surface area contributed by atoms with Gasteiger partial charge in [0.05, 0.1) is 22.6 Å². The molecular weight excluding hydrogens is 360 g/mol. The maximum Gasteiger partial charge on any atom is 0.340 e. The molecule has 0 unspecified atom stereocenters. The highest BCUT2D eigenvalue weighted by molar-refractivity contribution is 7.89. The number of benzene rings is 1. The lowest BCUT2D eigenvalue weighted by Gasteiger charge is -2.16. The van der Waals surface area contributed by atoms with Gasteiger partial charge < -0.3 is 10.1 Å². The van der Waals surface area contributed by atoms with Crippen molar-refractivity contribution in [2.45, 2.75) is 24.8 Å². The Morgan fingerprint density at radius 3 is 2.54 bits per heavy atom. The van der Waals surface area contributed by atoms with Crippen molar-refractivity contribution in [2.75, 3.05) is 20.7 Å². The van der Waals surface area contributed by atoms with Gasteiger partial charge in [-0.2, -0.15) is 0 Å². The van der Waals surface area contributed by atoms with E-state index in [0.29, 0.717) is 11.0 Å². The summed E-state index contributed by atoms with van der Waals surface area (Å²) in [4.78, 5) is 28.3. The Kier molecular flexibility index (Phi) is 7.15. The first-order valence-electron chi connectivity index (χ1n) is 6.96. The van der Waals surface area contributed by atoms with Crippen molar-refractivity contribution in [2.24, 2.45) is 0 Å². The quantitative estimate of drug-likeness (QED) is 0.565. The number of hydrogen-bond donors (Lipinski definition) is 1. The molecule has 8 nitrogen and oxygen atoms in total. The van der Waals surface area contributed by atoms with Crippen molar-refractivity contribution in [3.8, 4) is 0 Å². The van der Waals surface area contributed by atoms with E-state index in [1.165, 1.54) is 33.2 Å². The summed E-state index contributed by atoms with van der Waals surface area (Å²) in [5, 5.41) is 2.51. The first kappa shape index (κ1) is 20.4. The normalized spacial score (nSPS) is 12.8. The van der Waals surface area contributed by atoms with Gasteiger partial charge in [0.25, 0.3) is 15.9 Å². The molecule has 0 fully saturated rings. The summed E-state index contributed by atoms with van der Waals surface area (Å²) < 4.78 is 30.1. The van der Waals surface area contributed by atoms with E-state index in [-0.39, 0.29) is 15.5 Å². The monoisotopic (exact) mass is 378 g/mol. The molecule has 10 heteroatoms. The average Bonchev–Trinajstić information content (AvgIpc) is 2.54. The fourth-order valence-electron chi connectivity index (χ4n) is 1.66. The van der Waals surface area contributed by atoms with E-state index in [1.54, 1.807) is 6.92 Å². The zero-order valence-corrected chi connectivity index (χ0v) is 15.3. The zero-order chi connectivity index (χ0) is 18.5. The first-order chi connectivity index (χ1) is 11.1. The number of ether oxygens (including phenoxy) is 1. The third-order valence-electron chi connectivity index (χ3n) is 3.06. The highest BCUT2D eigenvalue weighted by Crippen LogP contribution is 2.23. The third kappa shape index (κ3) is 4.67. The Bertz CT molecular complexity index is 722. The Hall–Kier alpha value is -1.68. The number of rotatable bonds is 7. The second-order valence-corrected chi connectivity index (χ2v) is 7.02. The molecule has 0 heterocycles. The molecule has 1 amide bonds. The molecule has 0 radical (unpaired) electrons. The minimum absolute atomic E-state index is 0.00196. The minimum atomic E-state index is -3.95. The van der Waals surface area contributed by atoms with Crippen LogP contribution in [0.15, 0.2) is 23.1 Å². The number of amides is 1. The maximum atomic E-state index is 12.2. The first-order valence-corrected chi connectivity index (χ1v) is 8.78. The van der Waals surface area contributed by atoms with E-state index in [0.717, 1.165) is 6.07 Å². The summed E-state index contributed by atoms with van der Waals surface area (Å²) >= 11 is 5.94. The Morgan fingerprint density at radius 2 is 2.00 bits per heavy atom. The van der Waals surface area contributed by atoms with Crippen molar-refractivity contribution in [3.05, 3.63) is 28.8 Å². The molecule has 0 bridgehead atoms. The van der Waals surface area contributed by atoms with Crippen LogP contribution in [0.5, 0.6) is 0 Å². The van der Waals surface area contributed by atoms with E-state index in [9.17, 15) is 18.0 Å². The highest BCUT2D eigenvalue weighted by Gasteiger charge is 2.25. The van der Waals surface area contributed by atoms with Crippen molar-refractivity contribution in [3.63, 3.8) is 0 Å². The van der Waals surface area contributed by atoms with Crippen LogP contribution in [-0.4, -0.2) is 51.6 Å². The van der Waals surface area contributed by atoms with Gasteiger partial charge in [-0.1, -0.05) is 16.1 Å². The molecule has 0 aromatic heterocycles. The number of nitrogens with zero attached hydrogens (tertiary/aromatic N) is 1. The molecule has 1 aromatic rings. The van der Waals surface area contributed by atoms with Crippen LogP contribution in [0.4, 0.5) is 0 Å². The van der Waals surface area contributed by atoms with Crippen LogP contribution in [-0.2, 0) is 24.4 Å². The molecule has 1 rings (SSSR count). The van der Waals surface area contributed by atoms with E-state index < -0.39 is 28.0 Å². The molecule has 1 aromatic carbocycles. The molecule has 0 aliphatic carbocycles. The minimum Gasteiger partial charge on any atom is -0.449 e. The van der Waals surface area contributed by atoms with Crippen molar-refractivity contribution in [1.29, 1.82) is 0 Å². The number of sulfonamides is 1. The number of halogens is 1. The SMILES string of the molecule is CCNC(=O)[C@H](C)OC(=O)c1cc(S(=O)(=O)N(C)OC)ccc1Cl. The number of esters is 1. The highest BCUT2D eigenvalue weighted by atomic mass is 35.5. The fraction of sp³-hybridized carbons (Fsp3) is 0.429. The average molecular weight is 379 g/mol.